The molecule has 2 aliphatic rings. The number of piperidine rings is 1. The molecule has 0 bridgehead atoms. The van der Waals surface area contributed by atoms with Crippen LogP contribution < -0.4 is 4.74 Å². The van der Waals surface area contributed by atoms with Crippen LogP contribution in [0, 0.1) is 11.7 Å². The van der Waals surface area contributed by atoms with Crippen molar-refractivity contribution in [2.24, 2.45) is 5.92 Å². The minimum atomic E-state index is -0.808. The van der Waals surface area contributed by atoms with Crippen molar-refractivity contribution in [3.8, 4) is 17.1 Å². The summed E-state index contributed by atoms with van der Waals surface area (Å²) < 4.78 is 19.1. The first kappa shape index (κ1) is 17.4. The molecule has 1 amide bonds. The van der Waals surface area contributed by atoms with Crippen molar-refractivity contribution in [2.75, 3.05) is 13.7 Å². The van der Waals surface area contributed by atoms with Gasteiger partial charge in [0.15, 0.2) is 11.5 Å². The molecular weight excluding hydrogens is 355 g/mol. The first-order valence-electron chi connectivity index (χ1n) is 8.73. The third-order valence-electron chi connectivity index (χ3n) is 5.45. The summed E-state index contributed by atoms with van der Waals surface area (Å²) in [5, 5.41) is 16.0. The molecule has 1 aliphatic heterocycles. The molecule has 1 saturated heterocycles. The van der Waals surface area contributed by atoms with Crippen molar-refractivity contribution < 1.29 is 23.8 Å². The summed E-state index contributed by atoms with van der Waals surface area (Å²) in [5.41, 5.74) is 0.365. The van der Waals surface area contributed by atoms with Crippen LogP contribution in [0.4, 0.5) is 4.39 Å². The Balaban J connectivity index is 1.57. The maximum Gasteiger partial charge on any atom is 0.306 e. The summed E-state index contributed by atoms with van der Waals surface area (Å²) in [6.45, 7) is 0.384. The second-order valence-electron chi connectivity index (χ2n) is 7.08. The monoisotopic (exact) mass is 374 g/mol. The molecule has 1 saturated carbocycles. The summed E-state index contributed by atoms with van der Waals surface area (Å²) in [6.07, 6.45) is 3.55. The minimum absolute atomic E-state index is 0.181. The van der Waals surface area contributed by atoms with Crippen molar-refractivity contribution in [1.29, 1.82) is 0 Å². The van der Waals surface area contributed by atoms with Gasteiger partial charge in [-0.05, 0) is 31.7 Å². The van der Waals surface area contributed by atoms with Gasteiger partial charge in [0.05, 0.1) is 24.9 Å². The molecule has 0 aromatic carbocycles. The highest BCUT2D eigenvalue weighted by Crippen LogP contribution is 2.50. The van der Waals surface area contributed by atoms with E-state index in [1.807, 2.05) is 0 Å². The van der Waals surface area contributed by atoms with Crippen molar-refractivity contribution in [2.45, 2.75) is 31.2 Å². The van der Waals surface area contributed by atoms with Crippen LogP contribution in [0.5, 0.6) is 5.88 Å². The third-order valence-corrected chi connectivity index (χ3v) is 5.45. The van der Waals surface area contributed by atoms with Gasteiger partial charge in [-0.15, -0.1) is 0 Å². The molecule has 1 aliphatic carbocycles. The third kappa shape index (κ3) is 3.02. The molecule has 1 spiro atoms. The fourth-order valence-electron chi connectivity index (χ4n) is 3.78. The number of halogens is 1. The van der Waals surface area contributed by atoms with Crippen LogP contribution in [-0.2, 0) is 4.79 Å². The lowest BCUT2D eigenvalue weighted by atomic mass is 9.89. The van der Waals surface area contributed by atoms with Gasteiger partial charge in [0.1, 0.15) is 0 Å². The highest BCUT2D eigenvalue weighted by molar-refractivity contribution is 5.94. The topological polar surface area (TPSA) is 108 Å². The van der Waals surface area contributed by atoms with Crippen molar-refractivity contribution in [3.63, 3.8) is 0 Å². The molecule has 1 atom stereocenters. The second-order valence-corrected chi connectivity index (χ2v) is 7.08. The number of H-pyrrole nitrogens is 1. The van der Waals surface area contributed by atoms with E-state index in [2.05, 4.69) is 15.2 Å². The van der Waals surface area contributed by atoms with E-state index in [0.29, 0.717) is 25.1 Å². The van der Waals surface area contributed by atoms with Crippen LogP contribution in [0.1, 0.15) is 36.2 Å². The van der Waals surface area contributed by atoms with Crippen molar-refractivity contribution >= 4 is 11.9 Å². The largest absolute Gasteiger partial charge is 0.481 e. The standard InChI is InChI=1S/C18H19FN4O4/c1-27-15-6-11(12(19)9-20-15)13-7-14(22-21-13)16(24)23-5-2-10(17(25)26)8-18(23)3-4-18/h6-7,9-10H,2-5,8H2,1H3,(H,21,22)(H,25,26)/t10-/m0/s1. The van der Waals surface area contributed by atoms with Gasteiger partial charge in [0.25, 0.3) is 5.91 Å². The number of nitrogens with one attached hydrogen (secondary N) is 1. The van der Waals surface area contributed by atoms with E-state index < -0.39 is 17.7 Å². The smallest absolute Gasteiger partial charge is 0.306 e. The molecule has 27 heavy (non-hydrogen) atoms. The Morgan fingerprint density at radius 2 is 2.19 bits per heavy atom. The van der Waals surface area contributed by atoms with Crippen molar-refractivity contribution in [3.05, 3.63) is 29.8 Å². The van der Waals surface area contributed by atoms with Crippen LogP contribution in [0.3, 0.4) is 0 Å². The average molecular weight is 374 g/mol. The summed E-state index contributed by atoms with van der Waals surface area (Å²) in [7, 11) is 1.43. The Bertz CT molecular complexity index is 909. The lowest BCUT2D eigenvalue weighted by Crippen LogP contribution is -2.49. The van der Waals surface area contributed by atoms with E-state index in [1.54, 1.807) is 4.90 Å². The summed E-state index contributed by atoms with van der Waals surface area (Å²) in [4.78, 5) is 29.8. The van der Waals surface area contributed by atoms with E-state index in [1.165, 1.54) is 19.2 Å². The maximum absolute atomic E-state index is 14.1. The number of ether oxygens (including phenoxy) is 1. The van der Waals surface area contributed by atoms with Crippen LogP contribution in [0.25, 0.3) is 11.3 Å². The van der Waals surface area contributed by atoms with E-state index >= 15 is 0 Å². The number of carbonyl (C=O) groups excluding carboxylic acids is 1. The number of likely N-dealkylation sites (tertiary alicyclic amines) is 1. The number of rotatable bonds is 4. The quantitative estimate of drug-likeness (QED) is 0.848. The molecular formula is C18H19FN4O4. The number of nitrogens with zero attached hydrogens (tertiary/aromatic N) is 3. The fraction of sp³-hybridized carbons (Fsp3) is 0.444. The fourth-order valence-corrected chi connectivity index (χ4v) is 3.78. The van der Waals surface area contributed by atoms with E-state index in [4.69, 9.17) is 4.74 Å². The number of carboxylic acids is 1. The molecule has 2 aromatic rings. The lowest BCUT2D eigenvalue weighted by Gasteiger charge is -2.38. The van der Waals surface area contributed by atoms with Crippen LogP contribution in [-0.4, -0.2) is 56.3 Å². The first-order chi connectivity index (χ1) is 12.9. The summed E-state index contributed by atoms with van der Waals surface area (Å²) >= 11 is 0. The number of aliphatic carboxylic acids is 1. The van der Waals surface area contributed by atoms with Gasteiger partial charge in [-0.2, -0.15) is 5.10 Å². The van der Waals surface area contributed by atoms with E-state index in [-0.39, 0.29) is 28.6 Å². The van der Waals surface area contributed by atoms with Gasteiger partial charge in [-0.3, -0.25) is 14.7 Å². The average Bonchev–Trinajstić information content (AvgIpc) is 3.24. The van der Waals surface area contributed by atoms with Gasteiger partial charge in [0, 0.05) is 23.7 Å². The van der Waals surface area contributed by atoms with Gasteiger partial charge < -0.3 is 14.7 Å². The normalized spacial score (nSPS) is 20.5. The maximum atomic E-state index is 14.1. The molecule has 9 heteroatoms. The molecule has 8 nitrogen and oxygen atoms in total. The molecule has 142 valence electrons. The van der Waals surface area contributed by atoms with E-state index in [0.717, 1.165) is 19.0 Å². The molecule has 3 heterocycles. The number of carbonyl (C=O) groups is 2. The summed E-state index contributed by atoms with van der Waals surface area (Å²) in [5.74, 6) is -1.79. The number of pyridine rings is 1. The minimum Gasteiger partial charge on any atom is -0.481 e. The molecule has 4 rings (SSSR count). The van der Waals surface area contributed by atoms with Gasteiger partial charge in [-0.25, -0.2) is 9.37 Å². The Morgan fingerprint density at radius 1 is 1.41 bits per heavy atom. The molecule has 2 aromatic heterocycles. The van der Waals surface area contributed by atoms with Gasteiger partial charge in [-0.1, -0.05) is 0 Å². The number of carboxylic acid groups (broad SMARTS) is 1. The zero-order valence-corrected chi connectivity index (χ0v) is 14.7. The summed E-state index contributed by atoms with van der Waals surface area (Å²) in [6, 6.07) is 2.93. The Labute approximate surface area is 154 Å². The molecule has 0 unspecified atom stereocenters. The first-order valence-corrected chi connectivity index (χ1v) is 8.73. The Morgan fingerprint density at radius 3 is 2.85 bits per heavy atom. The predicted octanol–water partition coefficient (Wildman–Crippen LogP) is 2.09. The zero-order chi connectivity index (χ0) is 19.2. The Kier molecular flexibility index (Phi) is 4.09. The number of amides is 1. The highest BCUT2D eigenvalue weighted by Gasteiger charge is 2.54. The van der Waals surface area contributed by atoms with Gasteiger partial charge >= 0.3 is 5.97 Å². The highest BCUT2D eigenvalue weighted by atomic mass is 19.1. The molecule has 2 N–H and O–H groups in total. The molecule has 2 fully saturated rings. The zero-order valence-electron chi connectivity index (χ0n) is 14.7. The van der Waals surface area contributed by atoms with Crippen molar-refractivity contribution in [1.82, 2.24) is 20.1 Å². The number of hydrogen-bond donors (Lipinski definition) is 2. The second kappa shape index (κ2) is 6.33. The van der Waals surface area contributed by atoms with E-state index in [9.17, 15) is 19.1 Å². The van der Waals surface area contributed by atoms with Crippen LogP contribution in [0.2, 0.25) is 0 Å². The van der Waals surface area contributed by atoms with Gasteiger partial charge in [0.2, 0.25) is 5.88 Å². The predicted molar refractivity (Wildman–Crippen MR) is 91.7 cm³/mol. The SMILES string of the molecule is COc1cc(-c2cc(C(=O)N3CC[C@H](C(=O)O)CC34CC4)n[nH]2)c(F)cn1. The number of aromatic amines is 1. The number of hydrogen-bond acceptors (Lipinski definition) is 5. The van der Waals surface area contributed by atoms with Crippen LogP contribution in [0.15, 0.2) is 18.3 Å². The number of methoxy groups -OCH3 is 1. The Hall–Kier alpha value is -2.97. The van der Waals surface area contributed by atoms with Crippen LogP contribution >= 0.6 is 0 Å². The lowest BCUT2D eigenvalue weighted by molar-refractivity contribution is -0.144. The molecule has 0 radical (unpaired) electrons. The number of aromatic nitrogens is 3.